The van der Waals surface area contributed by atoms with Crippen LogP contribution < -0.4 is 5.32 Å². The van der Waals surface area contributed by atoms with E-state index in [9.17, 15) is 9.59 Å². The fourth-order valence-corrected chi connectivity index (χ4v) is 2.77. The third-order valence-corrected chi connectivity index (χ3v) is 3.86. The maximum absolute atomic E-state index is 11.7. The average Bonchev–Trinajstić information content (AvgIpc) is 2.71. The van der Waals surface area contributed by atoms with Gasteiger partial charge in [0, 0.05) is 11.3 Å². The number of thiophene rings is 1. The van der Waals surface area contributed by atoms with E-state index in [0.717, 1.165) is 4.88 Å². The van der Waals surface area contributed by atoms with E-state index in [-0.39, 0.29) is 18.2 Å². The Morgan fingerprint density at radius 3 is 2.58 bits per heavy atom. The first-order valence-corrected chi connectivity index (χ1v) is 7.34. The molecule has 0 radical (unpaired) electrons. The second kappa shape index (κ2) is 7.50. The number of hydrogen-bond acceptors (Lipinski definition) is 3. The molecule has 0 aliphatic carbocycles. The van der Waals surface area contributed by atoms with Crippen LogP contribution in [0.5, 0.6) is 0 Å². The van der Waals surface area contributed by atoms with Crippen LogP contribution >= 0.6 is 22.9 Å². The number of carbonyl (C=O) groups excluding carboxylic acids is 1. The van der Waals surface area contributed by atoms with Crippen LogP contribution in [0.25, 0.3) is 0 Å². The van der Waals surface area contributed by atoms with Crippen molar-refractivity contribution in [3.8, 4) is 0 Å². The van der Waals surface area contributed by atoms with Crippen molar-refractivity contribution in [3.63, 3.8) is 0 Å². The standard InChI is InChI=1S/C13H18ClNO3S/c1-8(2)7-10(13(17)18)15-12(16)6-4-9-3-5-11(14)19-9/h3,5,8,10H,4,6-7H2,1-2H3,(H,15,16)(H,17,18). The Bertz CT molecular complexity index is 445. The summed E-state index contributed by atoms with van der Waals surface area (Å²) in [4.78, 5) is 23.8. The van der Waals surface area contributed by atoms with Gasteiger partial charge in [-0.05, 0) is 30.9 Å². The molecular formula is C13H18ClNO3S. The normalized spacial score (nSPS) is 12.4. The molecule has 0 fully saturated rings. The van der Waals surface area contributed by atoms with Gasteiger partial charge in [-0.3, -0.25) is 4.79 Å². The molecule has 0 aliphatic rings. The van der Waals surface area contributed by atoms with Crippen molar-refractivity contribution in [1.82, 2.24) is 5.32 Å². The monoisotopic (exact) mass is 303 g/mol. The number of rotatable bonds is 7. The maximum Gasteiger partial charge on any atom is 0.326 e. The van der Waals surface area contributed by atoms with Gasteiger partial charge in [-0.15, -0.1) is 11.3 Å². The fraction of sp³-hybridized carbons (Fsp3) is 0.538. The largest absolute Gasteiger partial charge is 0.480 e. The number of aliphatic carboxylic acids is 1. The highest BCUT2D eigenvalue weighted by atomic mass is 35.5. The predicted octanol–water partition coefficient (Wildman–Crippen LogP) is 2.95. The summed E-state index contributed by atoms with van der Waals surface area (Å²) >= 11 is 7.23. The summed E-state index contributed by atoms with van der Waals surface area (Å²) in [6.07, 6.45) is 1.29. The van der Waals surface area contributed by atoms with Crippen LogP contribution in [-0.2, 0) is 16.0 Å². The zero-order valence-electron chi connectivity index (χ0n) is 11.0. The van der Waals surface area contributed by atoms with Crippen LogP contribution in [0, 0.1) is 5.92 Å². The highest BCUT2D eigenvalue weighted by Gasteiger charge is 2.20. The molecule has 1 aromatic rings. The Morgan fingerprint density at radius 1 is 1.42 bits per heavy atom. The van der Waals surface area contributed by atoms with Gasteiger partial charge in [0.15, 0.2) is 0 Å². The van der Waals surface area contributed by atoms with Gasteiger partial charge < -0.3 is 10.4 Å². The van der Waals surface area contributed by atoms with Crippen molar-refractivity contribution >= 4 is 34.8 Å². The number of hydrogen-bond donors (Lipinski definition) is 2. The van der Waals surface area contributed by atoms with E-state index in [1.54, 1.807) is 6.07 Å². The lowest BCUT2D eigenvalue weighted by Crippen LogP contribution is -2.41. The molecule has 0 saturated carbocycles. The summed E-state index contributed by atoms with van der Waals surface area (Å²) in [5.74, 6) is -1.00. The zero-order chi connectivity index (χ0) is 14.4. The molecule has 0 saturated heterocycles. The molecule has 1 rings (SSSR count). The van der Waals surface area contributed by atoms with Gasteiger partial charge in [0.2, 0.25) is 5.91 Å². The summed E-state index contributed by atoms with van der Waals surface area (Å²) < 4.78 is 0.693. The second-order valence-corrected chi connectivity index (χ2v) is 6.59. The highest BCUT2D eigenvalue weighted by molar-refractivity contribution is 7.16. The maximum atomic E-state index is 11.7. The molecule has 106 valence electrons. The highest BCUT2D eigenvalue weighted by Crippen LogP contribution is 2.22. The van der Waals surface area contributed by atoms with Crippen molar-refractivity contribution in [2.75, 3.05) is 0 Å². The first kappa shape index (κ1) is 16.0. The number of carboxylic acid groups (broad SMARTS) is 1. The van der Waals surface area contributed by atoms with Crippen LogP contribution in [0.2, 0.25) is 4.34 Å². The van der Waals surface area contributed by atoms with Crippen molar-refractivity contribution in [1.29, 1.82) is 0 Å². The molecule has 0 aliphatic heterocycles. The quantitative estimate of drug-likeness (QED) is 0.814. The molecule has 0 spiro atoms. The fourth-order valence-electron chi connectivity index (χ4n) is 1.68. The first-order chi connectivity index (χ1) is 8.88. The van der Waals surface area contributed by atoms with Gasteiger partial charge >= 0.3 is 5.97 Å². The van der Waals surface area contributed by atoms with E-state index < -0.39 is 12.0 Å². The van der Waals surface area contributed by atoms with Crippen LogP contribution in [-0.4, -0.2) is 23.0 Å². The summed E-state index contributed by atoms with van der Waals surface area (Å²) in [5.41, 5.74) is 0. The molecule has 6 heteroatoms. The van der Waals surface area contributed by atoms with E-state index in [1.165, 1.54) is 11.3 Å². The average molecular weight is 304 g/mol. The molecule has 1 atom stereocenters. The number of halogens is 1. The minimum absolute atomic E-state index is 0.220. The predicted molar refractivity (Wildman–Crippen MR) is 76.7 cm³/mol. The third kappa shape index (κ3) is 6.07. The van der Waals surface area contributed by atoms with Crippen molar-refractivity contribution in [3.05, 3.63) is 21.3 Å². The third-order valence-electron chi connectivity index (χ3n) is 2.57. The van der Waals surface area contributed by atoms with Gasteiger partial charge in [-0.25, -0.2) is 4.79 Å². The first-order valence-electron chi connectivity index (χ1n) is 6.15. The van der Waals surface area contributed by atoms with E-state index in [1.807, 2.05) is 19.9 Å². The van der Waals surface area contributed by atoms with Crippen LogP contribution in [0.15, 0.2) is 12.1 Å². The Kier molecular flexibility index (Phi) is 6.31. The minimum Gasteiger partial charge on any atom is -0.480 e. The molecule has 4 nitrogen and oxygen atoms in total. The summed E-state index contributed by atoms with van der Waals surface area (Å²) in [7, 11) is 0. The van der Waals surface area contributed by atoms with E-state index in [2.05, 4.69) is 5.32 Å². The molecule has 0 bridgehead atoms. The van der Waals surface area contributed by atoms with Crippen LogP contribution in [0.1, 0.15) is 31.6 Å². The van der Waals surface area contributed by atoms with E-state index in [4.69, 9.17) is 16.7 Å². The zero-order valence-corrected chi connectivity index (χ0v) is 12.6. The molecule has 1 aromatic heterocycles. The Labute approximate surface area is 121 Å². The Balaban J connectivity index is 2.42. The number of carbonyl (C=O) groups is 2. The summed E-state index contributed by atoms with van der Waals surface area (Å²) in [6.45, 7) is 3.85. The molecule has 1 unspecified atom stereocenters. The van der Waals surface area contributed by atoms with Gasteiger partial charge in [0.05, 0.1) is 4.34 Å². The number of aryl methyl sites for hydroxylation is 1. The van der Waals surface area contributed by atoms with Gasteiger partial charge in [0.25, 0.3) is 0 Å². The van der Waals surface area contributed by atoms with E-state index in [0.29, 0.717) is 17.2 Å². The van der Waals surface area contributed by atoms with Crippen molar-refractivity contribution in [2.45, 2.75) is 39.2 Å². The second-order valence-electron chi connectivity index (χ2n) is 4.79. The Hall–Kier alpha value is -1.07. The van der Waals surface area contributed by atoms with Gasteiger partial charge in [-0.2, -0.15) is 0 Å². The SMILES string of the molecule is CC(C)CC(NC(=O)CCc1ccc(Cl)s1)C(=O)O. The lowest BCUT2D eigenvalue weighted by molar-refractivity contribution is -0.142. The molecule has 0 aromatic carbocycles. The topological polar surface area (TPSA) is 66.4 Å². The minimum atomic E-state index is -0.985. The summed E-state index contributed by atoms with van der Waals surface area (Å²) in [5, 5.41) is 11.6. The summed E-state index contributed by atoms with van der Waals surface area (Å²) in [6, 6.07) is 2.86. The molecular weight excluding hydrogens is 286 g/mol. The number of carboxylic acids is 1. The van der Waals surface area contributed by atoms with Crippen molar-refractivity contribution in [2.24, 2.45) is 5.92 Å². The van der Waals surface area contributed by atoms with E-state index >= 15 is 0 Å². The molecule has 1 heterocycles. The lowest BCUT2D eigenvalue weighted by Gasteiger charge is -2.16. The molecule has 19 heavy (non-hydrogen) atoms. The van der Waals surface area contributed by atoms with Crippen LogP contribution in [0.4, 0.5) is 0 Å². The number of amides is 1. The molecule has 2 N–H and O–H groups in total. The van der Waals surface area contributed by atoms with Crippen molar-refractivity contribution < 1.29 is 14.7 Å². The van der Waals surface area contributed by atoms with Gasteiger partial charge in [0.1, 0.15) is 6.04 Å². The smallest absolute Gasteiger partial charge is 0.326 e. The lowest BCUT2D eigenvalue weighted by atomic mass is 10.0. The Morgan fingerprint density at radius 2 is 2.11 bits per heavy atom. The van der Waals surface area contributed by atoms with Crippen LogP contribution in [0.3, 0.4) is 0 Å². The van der Waals surface area contributed by atoms with Gasteiger partial charge in [-0.1, -0.05) is 25.4 Å². The number of nitrogens with one attached hydrogen (secondary N) is 1. The molecule has 1 amide bonds.